The Balaban J connectivity index is 2.27. The Kier molecular flexibility index (Phi) is 1.92. The van der Waals surface area contributed by atoms with Gasteiger partial charge in [0.1, 0.15) is 0 Å². The first-order chi connectivity index (χ1) is 6.65. The highest BCUT2D eigenvalue weighted by molar-refractivity contribution is 6.15. The third kappa shape index (κ3) is 1.56. The summed E-state index contributed by atoms with van der Waals surface area (Å²) in [5.41, 5.74) is 1.15. The molecule has 5 nitrogen and oxygen atoms in total. The predicted octanol–water partition coefficient (Wildman–Crippen LogP) is -0.150. The molecule has 1 aliphatic heterocycles. The Bertz CT molecular complexity index is 431. The van der Waals surface area contributed by atoms with Crippen molar-refractivity contribution in [1.29, 1.82) is 0 Å². The smallest absolute Gasteiger partial charge is 0.254 e. The molecule has 0 radical (unpaired) electrons. The van der Waals surface area contributed by atoms with E-state index in [2.05, 4.69) is 10.3 Å². The van der Waals surface area contributed by atoms with Gasteiger partial charge in [-0.15, -0.1) is 0 Å². The molecular formula is C9H9N3O2. The largest absolute Gasteiger partial charge is 0.340 e. The summed E-state index contributed by atoms with van der Waals surface area (Å²) in [6.45, 7) is 0. The van der Waals surface area contributed by atoms with Gasteiger partial charge in [-0.05, 0) is 6.08 Å². The maximum atomic E-state index is 11.2. The molecule has 1 N–H and O–H groups in total. The Labute approximate surface area is 80.4 Å². The van der Waals surface area contributed by atoms with Crippen LogP contribution in [0.1, 0.15) is 12.1 Å². The van der Waals surface area contributed by atoms with Gasteiger partial charge < -0.3 is 4.57 Å². The number of aryl methyl sites for hydroxylation is 1. The highest BCUT2D eigenvalue weighted by Crippen LogP contribution is 2.12. The van der Waals surface area contributed by atoms with Crippen LogP contribution in [0.15, 0.2) is 18.1 Å². The zero-order chi connectivity index (χ0) is 10.1. The number of carbonyl (C=O) groups is 2. The van der Waals surface area contributed by atoms with Gasteiger partial charge in [0.2, 0.25) is 5.91 Å². The van der Waals surface area contributed by atoms with E-state index in [0.29, 0.717) is 11.3 Å². The number of nitrogens with one attached hydrogen (secondary N) is 1. The standard InChI is InChI=1S/C9H9N3O2/c1-12-4-7(10-5-12)2-6-3-8(13)11-9(6)14/h2,4-5H,3H2,1H3,(H,11,13,14)/b6-2-. The summed E-state index contributed by atoms with van der Waals surface area (Å²) in [5.74, 6) is -0.571. The maximum Gasteiger partial charge on any atom is 0.254 e. The summed E-state index contributed by atoms with van der Waals surface area (Å²) in [4.78, 5) is 26.1. The average Bonchev–Trinajstić information content (AvgIpc) is 2.61. The van der Waals surface area contributed by atoms with Crippen molar-refractivity contribution >= 4 is 17.9 Å². The molecule has 0 aliphatic carbocycles. The molecule has 0 unspecified atom stereocenters. The second-order valence-corrected chi connectivity index (χ2v) is 3.19. The van der Waals surface area contributed by atoms with Gasteiger partial charge in [-0.25, -0.2) is 4.98 Å². The van der Waals surface area contributed by atoms with Crippen LogP contribution in [0.5, 0.6) is 0 Å². The summed E-state index contributed by atoms with van der Waals surface area (Å²) in [7, 11) is 1.84. The number of nitrogens with zero attached hydrogens (tertiary/aromatic N) is 2. The minimum absolute atomic E-state index is 0.148. The number of imide groups is 1. The summed E-state index contributed by atoms with van der Waals surface area (Å²) in [6, 6.07) is 0. The van der Waals surface area contributed by atoms with Crippen LogP contribution in [-0.4, -0.2) is 21.4 Å². The number of carbonyl (C=O) groups excluding carboxylic acids is 2. The lowest BCUT2D eigenvalue weighted by Gasteiger charge is -1.88. The maximum absolute atomic E-state index is 11.2. The summed E-state index contributed by atoms with van der Waals surface area (Å²) < 4.78 is 1.78. The lowest BCUT2D eigenvalue weighted by atomic mass is 10.2. The second kappa shape index (κ2) is 3.10. The third-order valence-electron chi connectivity index (χ3n) is 1.94. The van der Waals surface area contributed by atoms with Crippen LogP contribution in [0.25, 0.3) is 6.08 Å². The van der Waals surface area contributed by atoms with Gasteiger partial charge >= 0.3 is 0 Å². The quantitative estimate of drug-likeness (QED) is 0.496. The van der Waals surface area contributed by atoms with Crippen LogP contribution in [0, 0.1) is 0 Å². The van der Waals surface area contributed by atoms with E-state index in [1.165, 1.54) is 0 Å². The van der Waals surface area contributed by atoms with Crippen LogP contribution in [-0.2, 0) is 16.6 Å². The molecule has 72 valence electrons. The van der Waals surface area contributed by atoms with Gasteiger partial charge in [-0.2, -0.15) is 0 Å². The lowest BCUT2D eigenvalue weighted by Crippen LogP contribution is -2.19. The SMILES string of the molecule is Cn1cnc(/C=C2/CC(=O)NC2=O)c1. The molecule has 2 heterocycles. The topological polar surface area (TPSA) is 64.0 Å². The minimum Gasteiger partial charge on any atom is -0.340 e. The zero-order valence-electron chi connectivity index (χ0n) is 7.65. The van der Waals surface area contributed by atoms with Gasteiger partial charge in [0, 0.05) is 18.8 Å². The monoisotopic (exact) mass is 191 g/mol. The predicted molar refractivity (Wildman–Crippen MR) is 49.0 cm³/mol. The fourth-order valence-corrected chi connectivity index (χ4v) is 1.31. The van der Waals surface area contributed by atoms with Crippen LogP contribution in [0.3, 0.4) is 0 Å². The molecule has 1 aliphatic rings. The Hall–Kier alpha value is -1.91. The van der Waals surface area contributed by atoms with Gasteiger partial charge in [-0.1, -0.05) is 0 Å². The molecule has 0 bridgehead atoms. The molecule has 1 fully saturated rings. The van der Waals surface area contributed by atoms with Crippen LogP contribution in [0.4, 0.5) is 0 Å². The second-order valence-electron chi connectivity index (χ2n) is 3.19. The number of hydrogen-bond acceptors (Lipinski definition) is 3. The number of amides is 2. The molecule has 2 rings (SSSR count). The summed E-state index contributed by atoms with van der Waals surface area (Å²) in [5, 5.41) is 2.21. The first kappa shape index (κ1) is 8.68. The van der Waals surface area contributed by atoms with Gasteiger partial charge in [-0.3, -0.25) is 14.9 Å². The lowest BCUT2D eigenvalue weighted by molar-refractivity contribution is -0.124. The van der Waals surface area contributed by atoms with Gasteiger partial charge in [0.15, 0.2) is 0 Å². The van der Waals surface area contributed by atoms with E-state index >= 15 is 0 Å². The summed E-state index contributed by atoms with van der Waals surface area (Å²) >= 11 is 0. The molecule has 0 saturated carbocycles. The molecule has 0 aromatic carbocycles. The fourth-order valence-electron chi connectivity index (χ4n) is 1.31. The molecule has 1 aromatic rings. The van der Waals surface area contributed by atoms with Crippen molar-refractivity contribution in [2.75, 3.05) is 0 Å². The first-order valence-electron chi connectivity index (χ1n) is 4.18. The number of aromatic nitrogens is 2. The minimum atomic E-state index is -0.319. The van der Waals surface area contributed by atoms with E-state index in [9.17, 15) is 9.59 Å². The van der Waals surface area contributed by atoms with E-state index in [4.69, 9.17) is 0 Å². The molecule has 0 spiro atoms. The third-order valence-corrected chi connectivity index (χ3v) is 1.94. The molecule has 5 heteroatoms. The van der Waals surface area contributed by atoms with Crippen molar-refractivity contribution in [3.05, 3.63) is 23.8 Å². The Morgan fingerprint density at radius 2 is 2.36 bits per heavy atom. The normalized spacial score (nSPS) is 19.1. The summed E-state index contributed by atoms with van der Waals surface area (Å²) in [6.07, 6.45) is 5.19. The van der Waals surface area contributed by atoms with Crippen molar-refractivity contribution < 1.29 is 9.59 Å². The molecule has 2 amide bonds. The molecule has 0 atom stereocenters. The van der Waals surface area contributed by atoms with Crippen molar-refractivity contribution in [1.82, 2.24) is 14.9 Å². The fraction of sp³-hybridized carbons (Fsp3) is 0.222. The average molecular weight is 191 g/mol. The Morgan fingerprint density at radius 1 is 1.57 bits per heavy atom. The number of imidazole rings is 1. The van der Waals surface area contributed by atoms with Crippen molar-refractivity contribution in [2.45, 2.75) is 6.42 Å². The van der Waals surface area contributed by atoms with Crippen LogP contribution >= 0.6 is 0 Å². The molecular weight excluding hydrogens is 182 g/mol. The highest BCUT2D eigenvalue weighted by Gasteiger charge is 2.23. The molecule has 1 saturated heterocycles. The van der Waals surface area contributed by atoms with E-state index in [0.717, 1.165) is 0 Å². The zero-order valence-corrected chi connectivity index (χ0v) is 7.65. The van der Waals surface area contributed by atoms with Gasteiger partial charge in [0.25, 0.3) is 5.91 Å². The highest BCUT2D eigenvalue weighted by atomic mass is 16.2. The van der Waals surface area contributed by atoms with Crippen molar-refractivity contribution in [2.24, 2.45) is 7.05 Å². The Morgan fingerprint density at radius 3 is 2.86 bits per heavy atom. The number of hydrogen-bond donors (Lipinski definition) is 1. The molecule has 14 heavy (non-hydrogen) atoms. The van der Waals surface area contributed by atoms with Crippen molar-refractivity contribution in [3.63, 3.8) is 0 Å². The first-order valence-corrected chi connectivity index (χ1v) is 4.18. The van der Waals surface area contributed by atoms with E-state index < -0.39 is 0 Å². The molecule has 1 aromatic heterocycles. The van der Waals surface area contributed by atoms with Crippen LogP contribution < -0.4 is 5.32 Å². The van der Waals surface area contributed by atoms with E-state index in [-0.39, 0.29) is 18.2 Å². The van der Waals surface area contributed by atoms with Gasteiger partial charge in [0.05, 0.1) is 18.4 Å². The number of rotatable bonds is 1. The van der Waals surface area contributed by atoms with E-state index in [1.54, 1.807) is 23.2 Å². The van der Waals surface area contributed by atoms with Crippen LogP contribution in [0.2, 0.25) is 0 Å². The van der Waals surface area contributed by atoms with Crippen molar-refractivity contribution in [3.8, 4) is 0 Å². The van der Waals surface area contributed by atoms with E-state index in [1.807, 2.05) is 7.05 Å².